The summed E-state index contributed by atoms with van der Waals surface area (Å²) in [5.74, 6) is -4.01. The van der Waals surface area contributed by atoms with Crippen LogP contribution in [0.3, 0.4) is 0 Å². The molecule has 0 aliphatic carbocycles. The van der Waals surface area contributed by atoms with E-state index in [1.807, 2.05) is 0 Å². The largest absolute Gasteiger partial charge is 0.480 e. The molecule has 3 amide bonds. The van der Waals surface area contributed by atoms with E-state index in [-0.39, 0.29) is 25.3 Å². The molecule has 0 saturated heterocycles. The third-order valence-electron chi connectivity index (χ3n) is 3.95. The van der Waals surface area contributed by atoms with Gasteiger partial charge in [-0.05, 0) is 26.7 Å². The van der Waals surface area contributed by atoms with Gasteiger partial charge in [0.05, 0.1) is 12.7 Å². The zero-order valence-corrected chi connectivity index (χ0v) is 16.9. The molecule has 14 heteroatoms. The van der Waals surface area contributed by atoms with Gasteiger partial charge >= 0.3 is 5.97 Å². The van der Waals surface area contributed by atoms with E-state index < -0.39 is 60.6 Å². The number of aliphatic hydroxyl groups is 2. The van der Waals surface area contributed by atoms with Gasteiger partial charge < -0.3 is 48.5 Å². The van der Waals surface area contributed by atoms with E-state index in [0.29, 0.717) is 0 Å². The van der Waals surface area contributed by atoms with Crippen molar-refractivity contribution in [3.05, 3.63) is 0 Å². The first-order valence-corrected chi connectivity index (χ1v) is 9.14. The zero-order valence-electron chi connectivity index (χ0n) is 16.9. The number of carboxylic acid groups (broad SMARTS) is 1. The molecule has 5 atom stereocenters. The van der Waals surface area contributed by atoms with Crippen LogP contribution >= 0.6 is 0 Å². The predicted octanol–water partition coefficient (Wildman–Crippen LogP) is -4.70. The number of hydrogen-bond donors (Lipinski definition) is 9. The van der Waals surface area contributed by atoms with Gasteiger partial charge in [-0.3, -0.25) is 24.2 Å². The number of aliphatic carboxylic acids is 1. The maximum absolute atomic E-state index is 12.4. The molecule has 0 fully saturated rings. The van der Waals surface area contributed by atoms with Gasteiger partial charge in [0.15, 0.2) is 5.96 Å². The molecular weight excluding hydrogens is 402 g/mol. The highest BCUT2D eigenvalue weighted by Crippen LogP contribution is 2.01. The molecule has 5 unspecified atom stereocenters. The minimum Gasteiger partial charge on any atom is -0.480 e. The summed E-state index contributed by atoms with van der Waals surface area (Å²) in [6.45, 7) is 1.86. The van der Waals surface area contributed by atoms with Crippen LogP contribution in [0.2, 0.25) is 0 Å². The van der Waals surface area contributed by atoms with Crippen molar-refractivity contribution in [1.29, 1.82) is 0 Å². The number of amides is 3. The maximum Gasteiger partial charge on any atom is 0.325 e. The minimum atomic E-state index is -1.45. The molecule has 0 heterocycles. The van der Waals surface area contributed by atoms with Crippen LogP contribution in [0.15, 0.2) is 4.99 Å². The van der Waals surface area contributed by atoms with Crippen LogP contribution in [0, 0.1) is 0 Å². The number of nitrogens with one attached hydrogen (secondary N) is 3. The summed E-state index contributed by atoms with van der Waals surface area (Å²) in [4.78, 5) is 51.4. The van der Waals surface area contributed by atoms with Crippen molar-refractivity contribution in [2.24, 2.45) is 22.2 Å². The van der Waals surface area contributed by atoms with Crippen molar-refractivity contribution in [3.8, 4) is 0 Å². The van der Waals surface area contributed by atoms with Crippen molar-refractivity contribution in [2.45, 2.75) is 57.0 Å². The predicted molar refractivity (Wildman–Crippen MR) is 106 cm³/mol. The summed E-state index contributed by atoms with van der Waals surface area (Å²) in [7, 11) is 0. The molecule has 14 nitrogen and oxygen atoms in total. The van der Waals surface area contributed by atoms with Crippen molar-refractivity contribution >= 4 is 29.7 Å². The fourth-order valence-corrected chi connectivity index (χ4v) is 2.10. The Bertz CT molecular complexity index is 637. The van der Waals surface area contributed by atoms with Gasteiger partial charge in [-0.25, -0.2) is 0 Å². The summed E-state index contributed by atoms with van der Waals surface area (Å²) in [6, 6.07) is -5.19. The summed E-state index contributed by atoms with van der Waals surface area (Å²) in [5.41, 5.74) is 15.9. The number of carbonyl (C=O) groups is 4. The minimum absolute atomic E-state index is 0.0416. The first-order chi connectivity index (χ1) is 13.9. The number of nitrogens with zero attached hydrogens (tertiary/aromatic N) is 1. The second-order valence-electron chi connectivity index (χ2n) is 6.59. The second-order valence-corrected chi connectivity index (χ2v) is 6.59. The van der Waals surface area contributed by atoms with Crippen LogP contribution in [0.25, 0.3) is 0 Å². The topological polar surface area (TPSA) is 255 Å². The highest BCUT2D eigenvalue weighted by molar-refractivity contribution is 5.94. The third-order valence-corrected chi connectivity index (χ3v) is 3.95. The first kappa shape index (κ1) is 27.0. The van der Waals surface area contributed by atoms with E-state index >= 15 is 0 Å². The lowest BCUT2D eigenvalue weighted by molar-refractivity contribution is -0.142. The van der Waals surface area contributed by atoms with Gasteiger partial charge in [0.1, 0.15) is 24.2 Å². The zero-order chi connectivity index (χ0) is 23.4. The molecular formula is C16H31N7O7. The molecule has 0 radical (unpaired) electrons. The Morgan fingerprint density at radius 3 is 1.97 bits per heavy atom. The monoisotopic (exact) mass is 433 g/mol. The molecule has 0 aromatic rings. The van der Waals surface area contributed by atoms with Crippen LogP contribution < -0.4 is 33.2 Å². The Kier molecular flexibility index (Phi) is 12.0. The second kappa shape index (κ2) is 13.3. The van der Waals surface area contributed by atoms with E-state index in [1.165, 1.54) is 13.8 Å². The van der Waals surface area contributed by atoms with Crippen molar-refractivity contribution in [2.75, 3.05) is 13.2 Å². The molecule has 0 bridgehead atoms. The summed E-state index contributed by atoms with van der Waals surface area (Å²) in [6.07, 6.45) is -0.889. The number of nitrogens with two attached hydrogens (primary N) is 3. The Hall–Kier alpha value is -2.97. The molecule has 0 rings (SSSR count). The summed E-state index contributed by atoms with van der Waals surface area (Å²) >= 11 is 0. The van der Waals surface area contributed by atoms with Gasteiger partial charge in [-0.1, -0.05) is 0 Å². The number of carbonyl (C=O) groups excluding carboxylic acids is 3. The van der Waals surface area contributed by atoms with E-state index in [0.717, 1.165) is 0 Å². The molecule has 12 N–H and O–H groups in total. The summed E-state index contributed by atoms with van der Waals surface area (Å²) < 4.78 is 0. The SMILES string of the molecule is CC(NC(=O)C(CCCN=C(N)N)NC(=O)C(CO)NC(=O)C(N)C(C)O)C(=O)O. The average Bonchev–Trinajstić information content (AvgIpc) is 2.66. The highest BCUT2D eigenvalue weighted by atomic mass is 16.4. The van der Waals surface area contributed by atoms with Crippen molar-refractivity contribution < 1.29 is 34.5 Å². The number of hydrogen-bond acceptors (Lipinski definition) is 8. The van der Waals surface area contributed by atoms with Gasteiger partial charge in [-0.2, -0.15) is 0 Å². The lowest BCUT2D eigenvalue weighted by Gasteiger charge is -2.24. The van der Waals surface area contributed by atoms with E-state index in [9.17, 15) is 29.4 Å². The number of aliphatic hydroxyl groups excluding tert-OH is 2. The number of aliphatic imine (C=N–C) groups is 1. The fraction of sp³-hybridized carbons (Fsp3) is 0.688. The Balaban J connectivity index is 5.20. The van der Waals surface area contributed by atoms with Crippen LogP contribution in [-0.4, -0.2) is 88.4 Å². The van der Waals surface area contributed by atoms with E-state index in [4.69, 9.17) is 22.3 Å². The van der Waals surface area contributed by atoms with Crippen molar-refractivity contribution in [3.63, 3.8) is 0 Å². The number of guanidine groups is 1. The van der Waals surface area contributed by atoms with E-state index in [2.05, 4.69) is 20.9 Å². The van der Waals surface area contributed by atoms with Crippen LogP contribution in [0.1, 0.15) is 26.7 Å². The highest BCUT2D eigenvalue weighted by Gasteiger charge is 2.29. The number of rotatable bonds is 13. The quantitative estimate of drug-likeness (QED) is 0.0761. The molecule has 0 aliphatic rings. The van der Waals surface area contributed by atoms with Crippen LogP contribution in [0.4, 0.5) is 0 Å². The van der Waals surface area contributed by atoms with Crippen molar-refractivity contribution in [1.82, 2.24) is 16.0 Å². The first-order valence-electron chi connectivity index (χ1n) is 9.14. The standard InChI is InChI=1S/C16H31N7O7/c1-7(15(29)30)21-12(26)9(4-3-5-20-16(18)19)22-13(27)10(6-24)23-14(28)11(17)8(2)25/h7-11,24-25H,3-6,17H2,1-2H3,(H,21,26)(H,22,27)(H,23,28)(H,29,30)(H4,18,19,20). The summed E-state index contributed by atoms with van der Waals surface area (Å²) in [5, 5.41) is 34.4. The lowest BCUT2D eigenvalue weighted by atomic mass is 10.1. The normalized spacial score (nSPS) is 15.6. The van der Waals surface area contributed by atoms with Crippen LogP contribution in [-0.2, 0) is 19.2 Å². The lowest BCUT2D eigenvalue weighted by Crippen LogP contribution is -2.58. The average molecular weight is 433 g/mol. The Morgan fingerprint density at radius 1 is 0.967 bits per heavy atom. The fourth-order valence-electron chi connectivity index (χ4n) is 2.10. The number of carboxylic acids is 1. The molecule has 0 spiro atoms. The Morgan fingerprint density at radius 2 is 1.50 bits per heavy atom. The van der Waals surface area contributed by atoms with Gasteiger partial charge in [0.25, 0.3) is 0 Å². The van der Waals surface area contributed by atoms with Gasteiger partial charge in [-0.15, -0.1) is 0 Å². The van der Waals surface area contributed by atoms with Crippen LogP contribution in [0.5, 0.6) is 0 Å². The van der Waals surface area contributed by atoms with Gasteiger partial charge in [0, 0.05) is 6.54 Å². The third kappa shape index (κ3) is 9.99. The van der Waals surface area contributed by atoms with E-state index in [1.54, 1.807) is 0 Å². The molecule has 0 aromatic heterocycles. The smallest absolute Gasteiger partial charge is 0.325 e. The molecule has 0 aliphatic heterocycles. The molecule has 30 heavy (non-hydrogen) atoms. The molecule has 0 aromatic carbocycles. The molecule has 172 valence electrons. The molecule has 0 saturated carbocycles. The Labute approximate surface area is 173 Å². The van der Waals surface area contributed by atoms with Gasteiger partial charge in [0.2, 0.25) is 17.7 Å². The maximum atomic E-state index is 12.4.